The maximum Gasteiger partial charge on any atom is 0.231 e. The zero-order valence-electron chi connectivity index (χ0n) is 11.9. The molecule has 0 saturated carbocycles. The van der Waals surface area contributed by atoms with Crippen LogP contribution in [0.5, 0.6) is 5.75 Å². The summed E-state index contributed by atoms with van der Waals surface area (Å²) in [5, 5.41) is -0.522. The van der Waals surface area contributed by atoms with Crippen molar-refractivity contribution in [3.8, 4) is 5.75 Å². The van der Waals surface area contributed by atoms with E-state index < -0.39 is 22.9 Å². The molecule has 0 aliphatic heterocycles. The van der Waals surface area contributed by atoms with Crippen LogP contribution in [0.1, 0.15) is 30.9 Å². The minimum Gasteiger partial charge on any atom is -0.497 e. The van der Waals surface area contributed by atoms with Crippen LogP contribution >= 0.6 is 11.6 Å². The van der Waals surface area contributed by atoms with Crippen molar-refractivity contribution in [2.45, 2.75) is 25.4 Å². The standard InChI is InChI=1S/C15H17ClO5/c1-20-11-6-3-5-10(9-11)15(21-2)14(19)12(17)7-4-8-13(16)18/h3,5-6,9,15H,4,7-8H2,1-2H3. The van der Waals surface area contributed by atoms with E-state index in [1.807, 2.05) is 0 Å². The first kappa shape index (κ1) is 17.3. The highest BCUT2D eigenvalue weighted by molar-refractivity contribution is 6.63. The van der Waals surface area contributed by atoms with Crippen LogP contribution in [-0.4, -0.2) is 31.0 Å². The Kier molecular flexibility index (Phi) is 7.05. The van der Waals surface area contributed by atoms with Crippen LogP contribution < -0.4 is 4.74 Å². The highest BCUT2D eigenvalue weighted by atomic mass is 35.5. The molecule has 0 aliphatic rings. The van der Waals surface area contributed by atoms with Gasteiger partial charge in [0.1, 0.15) is 11.9 Å². The first-order valence-corrected chi connectivity index (χ1v) is 6.79. The van der Waals surface area contributed by atoms with Crippen LogP contribution in [-0.2, 0) is 19.1 Å². The molecule has 1 unspecified atom stereocenters. The van der Waals surface area contributed by atoms with Crippen LogP contribution in [0, 0.1) is 0 Å². The maximum atomic E-state index is 12.1. The Balaban J connectivity index is 2.76. The summed E-state index contributed by atoms with van der Waals surface area (Å²) in [6.07, 6.45) is -0.681. The smallest absolute Gasteiger partial charge is 0.231 e. The van der Waals surface area contributed by atoms with Crippen LogP contribution in [0.3, 0.4) is 0 Å². The van der Waals surface area contributed by atoms with Gasteiger partial charge in [-0.15, -0.1) is 0 Å². The number of ether oxygens (including phenoxy) is 2. The zero-order chi connectivity index (χ0) is 15.8. The Labute approximate surface area is 128 Å². The molecule has 1 aromatic carbocycles. The topological polar surface area (TPSA) is 69.7 Å². The molecule has 0 bridgehead atoms. The van der Waals surface area contributed by atoms with Gasteiger partial charge in [-0.1, -0.05) is 12.1 Å². The van der Waals surface area contributed by atoms with E-state index in [4.69, 9.17) is 21.1 Å². The minimum atomic E-state index is -0.973. The fraction of sp³-hybridized carbons (Fsp3) is 0.400. The van der Waals surface area contributed by atoms with Gasteiger partial charge in [0.15, 0.2) is 0 Å². The summed E-state index contributed by atoms with van der Waals surface area (Å²) in [7, 11) is 2.87. The van der Waals surface area contributed by atoms with Crippen molar-refractivity contribution in [3.63, 3.8) is 0 Å². The third kappa shape index (κ3) is 5.28. The molecule has 0 saturated heterocycles. The molecular weight excluding hydrogens is 296 g/mol. The molecule has 1 atom stereocenters. The van der Waals surface area contributed by atoms with Crippen molar-refractivity contribution in [1.82, 2.24) is 0 Å². The highest BCUT2D eigenvalue weighted by Gasteiger charge is 2.26. The van der Waals surface area contributed by atoms with Gasteiger partial charge in [0, 0.05) is 20.0 Å². The third-order valence-electron chi connectivity index (χ3n) is 2.92. The Bertz CT molecular complexity index is 527. The molecule has 114 valence electrons. The summed E-state index contributed by atoms with van der Waals surface area (Å²) in [5.41, 5.74) is 0.545. The monoisotopic (exact) mass is 312 g/mol. The zero-order valence-corrected chi connectivity index (χ0v) is 12.7. The van der Waals surface area contributed by atoms with E-state index in [9.17, 15) is 14.4 Å². The van der Waals surface area contributed by atoms with Crippen molar-refractivity contribution in [2.24, 2.45) is 0 Å². The molecule has 0 fully saturated rings. The van der Waals surface area contributed by atoms with Gasteiger partial charge >= 0.3 is 0 Å². The molecule has 0 radical (unpaired) electrons. The number of hydrogen-bond donors (Lipinski definition) is 0. The summed E-state index contributed by atoms with van der Waals surface area (Å²) >= 11 is 5.19. The number of hydrogen-bond acceptors (Lipinski definition) is 5. The van der Waals surface area contributed by atoms with Crippen molar-refractivity contribution in [3.05, 3.63) is 29.8 Å². The van der Waals surface area contributed by atoms with Crippen molar-refractivity contribution in [2.75, 3.05) is 14.2 Å². The molecule has 0 aliphatic carbocycles. The first-order valence-electron chi connectivity index (χ1n) is 6.41. The SMILES string of the molecule is COc1cccc(C(OC)C(=O)C(=O)CCCC(=O)Cl)c1. The Morgan fingerprint density at radius 1 is 1.19 bits per heavy atom. The van der Waals surface area contributed by atoms with E-state index in [1.54, 1.807) is 24.3 Å². The molecule has 0 heterocycles. The van der Waals surface area contributed by atoms with E-state index in [-0.39, 0.29) is 19.3 Å². The Morgan fingerprint density at radius 3 is 2.48 bits per heavy atom. The number of carbonyl (C=O) groups is 3. The largest absolute Gasteiger partial charge is 0.497 e. The molecule has 5 nitrogen and oxygen atoms in total. The molecule has 0 spiro atoms. The van der Waals surface area contributed by atoms with E-state index in [1.165, 1.54) is 14.2 Å². The van der Waals surface area contributed by atoms with E-state index in [2.05, 4.69) is 0 Å². The van der Waals surface area contributed by atoms with E-state index >= 15 is 0 Å². The average molecular weight is 313 g/mol. The first-order chi connectivity index (χ1) is 9.99. The highest BCUT2D eigenvalue weighted by Crippen LogP contribution is 2.23. The van der Waals surface area contributed by atoms with Gasteiger partial charge in [0.25, 0.3) is 0 Å². The lowest BCUT2D eigenvalue weighted by atomic mass is 10.00. The van der Waals surface area contributed by atoms with Crippen LogP contribution in [0.25, 0.3) is 0 Å². The molecule has 1 aromatic rings. The molecule has 21 heavy (non-hydrogen) atoms. The van der Waals surface area contributed by atoms with Gasteiger partial charge in [-0.05, 0) is 35.7 Å². The fourth-order valence-corrected chi connectivity index (χ4v) is 1.99. The maximum absolute atomic E-state index is 12.1. The van der Waals surface area contributed by atoms with Gasteiger partial charge in [0.2, 0.25) is 16.8 Å². The predicted molar refractivity (Wildman–Crippen MR) is 77.5 cm³/mol. The number of Topliss-reactive ketones (excluding diaryl/α,β-unsaturated/α-hetero) is 2. The van der Waals surface area contributed by atoms with Gasteiger partial charge in [-0.2, -0.15) is 0 Å². The summed E-state index contributed by atoms with van der Waals surface area (Å²) in [6.45, 7) is 0. The molecule has 6 heteroatoms. The average Bonchev–Trinajstić information content (AvgIpc) is 2.47. The molecule has 0 N–H and O–H groups in total. The number of rotatable bonds is 9. The predicted octanol–water partition coefficient (Wildman–Crippen LogP) is 2.46. The molecule has 0 amide bonds. The summed E-state index contributed by atoms with van der Waals surface area (Å²) in [6, 6.07) is 6.77. The summed E-state index contributed by atoms with van der Waals surface area (Å²) in [5.74, 6) is -0.655. The van der Waals surface area contributed by atoms with Gasteiger partial charge in [-0.3, -0.25) is 14.4 Å². The molecule has 0 aromatic heterocycles. The second-order valence-electron chi connectivity index (χ2n) is 4.39. The quantitative estimate of drug-likeness (QED) is 0.517. The lowest BCUT2D eigenvalue weighted by Crippen LogP contribution is -2.23. The molecule has 1 rings (SSSR count). The summed E-state index contributed by atoms with van der Waals surface area (Å²) < 4.78 is 10.2. The Morgan fingerprint density at radius 2 is 1.90 bits per heavy atom. The van der Waals surface area contributed by atoms with Crippen LogP contribution in [0.4, 0.5) is 0 Å². The van der Waals surface area contributed by atoms with Gasteiger partial charge < -0.3 is 9.47 Å². The second kappa shape index (κ2) is 8.54. The fourth-order valence-electron chi connectivity index (χ4n) is 1.86. The lowest BCUT2D eigenvalue weighted by molar-refractivity contribution is -0.143. The minimum absolute atomic E-state index is 0.0267. The lowest BCUT2D eigenvalue weighted by Gasteiger charge is -2.14. The number of ketones is 2. The number of methoxy groups -OCH3 is 2. The van der Waals surface area contributed by atoms with E-state index in [0.717, 1.165) is 0 Å². The Hall–Kier alpha value is -1.72. The van der Waals surface area contributed by atoms with Crippen LogP contribution in [0.15, 0.2) is 24.3 Å². The summed E-state index contributed by atoms with van der Waals surface area (Å²) in [4.78, 5) is 34.6. The number of benzene rings is 1. The van der Waals surface area contributed by atoms with Gasteiger partial charge in [0.05, 0.1) is 7.11 Å². The molecular formula is C15H17ClO5. The number of carbonyl (C=O) groups excluding carboxylic acids is 3. The number of halogens is 1. The van der Waals surface area contributed by atoms with Gasteiger partial charge in [-0.25, -0.2) is 0 Å². The van der Waals surface area contributed by atoms with Crippen molar-refractivity contribution < 1.29 is 23.9 Å². The van der Waals surface area contributed by atoms with E-state index in [0.29, 0.717) is 11.3 Å². The second-order valence-corrected chi connectivity index (χ2v) is 4.81. The normalized spacial score (nSPS) is 11.8. The van der Waals surface area contributed by atoms with Crippen LogP contribution in [0.2, 0.25) is 0 Å². The van der Waals surface area contributed by atoms with Crippen molar-refractivity contribution >= 4 is 28.4 Å². The van der Waals surface area contributed by atoms with Crippen molar-refractivity contribution in [1.29, 1.82) is 0 Å². The third-order valence-corrected chi connectivity index (χ3v) is 3.11.